The highest BCUT2D eigenvalue weighted by atomic mass is 16.3. The third-order valence-corrected chi connectivity index (χ3v) is 6.47. The van der Waals surface area contributed by atoms with E-state index >= 15 is 0 Å². The number of aromatic nitrogens is 2. The average molecular weight is 409 g/mol. The molecule has 6 heteroatoms. The molecule has 0 unspecified atom stereocenters. The highest BCUT2D eigenvalue weighted by Crippen LogP contribution is 2.40. The molecule has 160 valence electrons. The van der Waals surface area contributed by atoms with E-state index < -0.39 is 0 Å². The number of carbonyl (C=O) groups is 1. The summed E-state index contributed by atoms with van der Waals surface area (Å²) in [6.45, 7) is 7.04. The van der Waals surface area contributed by atoms with Gasteiger partial charge in [0.25, 0.3) is 0 Å². The topological polar surface area (TPSA) is 69.6 Å². The molecule has 0 radical (unpaired) electrons. The summed E-state index contributed by atoms with van der Waals surface area (Å²) in [5.74, 6) is 1.40. The van der Waals surface area contributed by atoms with Gasteiger partial charge in [0.05, 0.1) is 11.8 Å². The van der Waals surface area contributed by atoms with Crippen molar-refractivity contribution in [3.63, 3.8) is 0 Å². The van der Waals surface area contributed by atoms with Gasteiger partial charge in [0, 0.05) is 43.6 Å². The molecule has 3 heterocycles. The maximum absolute atomic E-state index is 12.7. The van der Waals surface area contributed by atoms with Crippen molar-refractivity contribution in [2.75, 3.05) is 31.1 Å². The van der Waals surface area contributed by atoms with Gasteiger partial charge < -0.3 is 14.9 Å². The Labute approximate surface area is 178 Å². The van der Waals surface area contributed by atoms with Crippen molar-refractivity contribution in [2.24, 2.45) is 11.3 Å². The summed E-state index contributed by atoms with van der Waals surface area (Å²) in [4.78, 5) is 16.9. The lowest BCUT2D eigenvalue weighted by Crippen LogP contribution is -2.60. The van der Waals surface area contributed by atoms with Crippen LogP contribution in [0, 0.1) is 11.3 Å². The quantitative estimate of drug-likeness (QED) is 0.840. The van der Waals surface area contributed by atoms with Crippen molar-refractivity contribution in [1.82, 2.24) is 15.1 Å². The van der Waals surface area contributed by atoms with Crippen molar-refractivity contribution in [3.05, 3.63) is 42.5 Å². The van der Waals surface area contributed by atoms with Gasteiger partial charge >= 0.3 is 0 Å². The molecule has 2 aromatic rings. The van der Waals surface area contributed by atoms with Crippen LogP contribution in [0.1, 0.15) is 39.5 Å². The van der Waals surface area contributed by atoms with Gasteiger partial charge in [-0.3, -0.25) is 4.79 Å². The standard InChI is InChI=1S/C24H32N4O2/c1-18(2)15-23(30)28-13-6-12-24(17-28)16-27(14-11-21(24)29)22-10-9-20(25-26-22)19-7-4-3-5-8-19/h3-5,7-10,18,21,29H,6,11-17H2,1-2H3/t21-,24-/m0/s1. The third kappa shape index (κ3) is 4.33. The first kappa shape index (κ1) is 20.8. The van der Waals surface area contributed by atoms with Crippen LogP contribution in [-0.2, 0) is 4.79 Å². The maximum atomic E-state index is 12.7. The van der Waals surface area contributed by atoms with Gasteiger partial charge in [-0.15, -0.1) is 10.2 Å². The number of amides is 1. The van der Waals surface area contributed by atoms with Crippen LogP contribution in [0.15, 0.2) is 42.5 Å². The Bertz CT molecular complexity index is 855. The van der Waals surface area contributed by atoms with Gasteiger partial charge in [-0.05, 0) is 37.3 Å². The van der Waals surface area contributed by atoms with Crippen LogP contribution in [0.2, 0.25) is 0 Å². The minimum Gasteiger partial charge on any atom is -0.392 e. The highest BCUT2D eigenvalue weighted by Gasteiger charge is 2.46. The zero-order valence-electron chi connectivity index (χ0n) is 18.0. The number of carbonyl (C=O) groups excluding carboxylic acids is 1. The Kier molecular flexibility index (Phi) is 6.04. The number of aliphatic hydroxyl groups excluding tert-OH is 1. The molecule has 30 heavy (non-hydrogen) atoms. The van der Waals surface area contributed by atoms with E-state index in [1.165, 1.54) is 0 Å². The van der Waals surface area contributed by atoms with Crippen LogP contribution in [0.3, 0.4) is 0 Å². The normalized spacial score (nSPS) is 24.5. The number of hydrogen-bond donors (Lipinski definition) is 1. The molecule has 6 nitrogen and oxygen atoms in total. The summed E-state index contributed by atoms with van der Waals surface area (Å²) in [5.41, 5.74) is 1.62. The predicted octanol–water partition coefficient (Wildman–Crippen LogP) is 3.37. The maximum Gasteiger partial charge on any atom is 0.222 e. The Hall–Kier alpha value is -2.47. The molecule has 1 aromatic carbocycles. The smallest absolute Gasteiger partial charge is 0.222 e. The molecular formula is C24H32N4O2. The van der Waals surface area contributed by atoms with Crippen molar-refractivity contribution < 1.29 is 9.90 Å². The number of likely N-dealkylation sites (tertiary alicyclic amines) is 1. The number of anilines is 1. The van der Waals surface area contributed by atoms with E-state index in [1.807, 2.05) is 47.4 Å². The van der Waals surface area contributed by atoms with E-state index in [0.29, 0.717) is 31.8 Å². The lowest BCUT2D eigenvalue weighted by atomic mass is 9.71. The molecule has 4 rings (SSSR count). The summed E-state index contributed by atoms with van der Waals surface area (Å²) in [6, 6.07) is 14.1. The summed E-state index contributed by atoms with van der Waals surface area (Å²) < 4.78 is 0. The number of nitrogens with zero attached hydrogens (tertiary/aromatic N) is 4. The molecule has 2 aliphatic heterocycles. The lowest BCUT2D eigenvalue weighted by Gasteiger charge is -2.51. The molecule has 0 saturated carbocycles. The zero-order valence-corrected chi connectivity index (χ0v) is 18.0. The molecule has 1 N–H and O–H groups in total. The van der Waals surface area contributed by atoms with Crippen molar-refractivity contribution in [1.29, 1.82) is 0 Å². The molecule has 1 amide bonds. The molecule has 0 bridgehead atoms. The fourth-order valence-electron chi connectivity index (χ4n) is 4.85. The summed E-state index contributed by atoms with van der Waals surface area (Å²) in [7, 11) is 0. The first-order valence-electron chi connectivity index (χ1n) is 11.1. The molecule has 0 aliphatic carbocycles. The van der Waals surface area contributed by atoms with Crippen molar-refractivity contribution in [2.45, 2.75) is 45.6 Å². The average Bonchev–Trinajstić information content (AvgIpc) is 2.76. The van der Waals surface area contributed by atoms with Crippen LogP contribution >= 0.6 is 0 Å². The number of piperidine rings is 2. The Morgan fingerprint density at radius 3 is 2.63 bits per heavy atom. The fraction of sp³-hybridized carbons (Fsp3) is 0.542. The van der Waals surface area contributed by atoms with E-state index in [9.17, 15) is 9.90 Å². The highest BCUT2D eigenvalue weighted by molar-refractivity contribution is 5.76. The van der Waals surface area contributed by atoms with Crippen LogP contribution < -0.4 is 4.90 Å². The Balaban J connectivity index is 1.49. The van der Waals surface area contributed by atoms with E-state index in [4.69, 9.17) is 0 Å². The van der Waals surface area contributed by atoms with E-state index in [1.54, 1.807) is 0 Å². The SMILES string of the molecule is CC(C)CC(=O)N1CCC[C@@]2(C1)CN(c1ccc(-c3ccccc3)nn1)CC[C@@H]2O. The fourth-order valence-corrected chi connectivity index (χ4v) is 4.85. The van der Waals surface area contributed by atoms with Crippen LogP contribution in [0.25, 0.3) is 11.3 Å². The largest absolute Gasteiger partial charge is 0.392 e. The first-order valence-corrected chi connectivity index (χ1v) is 11.1. The molecule has 2 aliphatic rings. The number of aliphatic hydroxyl groups is 1. The minimum atomic E-state index is -0.389. The Morgan fingerprint density at radius 2 is 1.93 bits per heavy atom. The second kappa shape index (κ2) is 8.72. The minimum absolute atomic E-state index is 0.209. The molecule has 1 spiro atoms. The third-order valence-electron chi connectivity index (χ3n) is 6.47. The molecule has 1 aromatic heterocycles. The second-order valence-electron chi connectivity index (χ2n) is 9.25. The van der Waals surface area contributed by atoms with Gasteiger partial charge in [-0.25, -0.2) is 0 Å². The van der Waals surface area contributed by atoms with Crippen LogP contribution in [0.4, 0.5) is 5.82 Å². The Morgan fingerprint density at radius 1 is 1.13 bits per heavy atom. The van der Waals surface area contributed by atoms with Crippen LogP contribution in [-0.4, -0.2) is 58.4 Å². The summed E-state index contributed by atoms with van der Waals surface area (Å²) >= 11 is 0. The number of rotatable bonds is 4. The number of benzene rings is 1. The predicted molar refractivity (Wildman–Crippen MR) is 118 cm³/mol. The second-order valence-corrected chi connectivity index (χ2v) is 9.25. The van der Waals surface area contributed by atoms with E-state index in [-0.39, 0.29) is 17.4 Å². The lowest BCUT2D eigenvalue weighted by molar-refractivity contribution is -0.138. The van der Waals surface area contributed by atoms with Gasteiger partial charge in [-0.1, -0.05) is 44.2 Å². The van der Waals surface area contributed by atoms with Gasteiger partial charge in [-0.2, -0.15) is 0 Å². The first-order chi connectivity index (χ1) is 14.5. The van der Waals surface area contributed by atoms with Crippen molar-refractivity contribution >= 4 is 11.7 Å². The van der Waals surface area contributed by atoms with Crippen LogP contribution in [0.5, 0.6) is 0 Å². The molecular weight excluding hydrogens is 376 g/mol. The number of hydrogen-bond acceptors (Lipinski definition) is 5. The monoisotopic (exact) mass is 408 g/mol. The van der Waals surface area contributed by atoms with E-state index in [0.717, 1.165) is 43.0 Å². The van der Waals surface area contributed by atoms with Gasteiger partial charge in [0.1, 0.15) is 0 Å². The molecule has 2 fully saturated rings. The summed E-state index contributed by atoms with van der Waals surface area (Å²) in [6.07, 6.45) is 2.75. The van der Waals surface area contributed by atoms with Gasteiger partial charge in [0.15, 0.2) is 5.82 Å². The zero-order chi connectivity index (χ0) is 21.1. The molecule has 2 atom stereocenters. The molecule has 2 saturated heterocycles. The van der Waals surface area contributed by atoms with Crippen molar-refractivity contribution in [3.8, 4) is 11.3 Å². The summed E-state index contributed by atoms with van der Waals surface area (Å²) in [5, 5.41) is 19.8. The van der Waals surface area contributed by atoms with E-state index in [2.05, 4.69) is 28.9 Å². The van der Waals surface area contributed by atoms with Gasteiger partial charge in [0.2, 0.25) is 5.91 Å².